The number of sulfonamides is 1. The van der Waals surface area contributed by atoms with Crippen molar-refractivity contribution in [1.82, 2.24) is 5.32 Å². The molecule has 0 radical (unpaired) electrons. The van der Waals surface area contributed by atoms with E-state index in [2.05, 4.69) is 41.1 Å². The van der Waals surface area contributed by atoms with E-state index in [0.717, 1.165) is 42.5 Å². The third-order valence-corrected chi connectivity index (χ3v) is 10.1. The molecule has 7 heteroatoms. The summed E-state index contributed by atoms with van der Waals surface area (Å²) in [6, 6.07) is 25.5. The predicted octanol–water partition coefficient (Wildman–Crippen LogP) is 3.88. The van der Waals surface area contributed by atoms with Crippen LogP contribution in [0.5, 0.6) is 0 Å². The molecular formula is C29H33N4O2S+. The van der Waals surface area contributed by atoms with Crippen LogP contribution in [-0.2, 0) is 22.0 Å². The van der Waals surface area contributed by atoms with Gasteiger partial charge in [0.05, 0.1) is 16.6 Å². The molecule has 6 rings (SSSR count). The molecule has 4 atom stereocenters. The fourth-order valence-electron chi connectivity index (χ4n) is 6.62. The lowest BCUT2D eigenvalue weighted by molar-refractivity contribution is -0.590. The number of para-hydroxylation sites is 1. The summed E-state index contributed by atoms with van der Waals surface area (Å²) in [5, 5.41) is 3.59. The molecule has 0 spiro atoms. The first kappa shape index (κ1) is 23.1. The lowest BCUT2D eigenvalue weighted by Gasteiger charge is -2.42. The van der Waals surface area contributed by atoms with Crippen LogP contribution in [0.25, 0.3) is 0 Å². The lowest BCUT2D eigenvalue weighted by atomic mass is 9.82. The minimum absolute atomic E-state index is 0.00959. The summed E-state index contributed by atoms with van der Waals surface area (Å²) in [5.41, 5.74) is 10.2. The fourth-order valence-corrected chi connectivity index (χ4v) is 8.40. The second kappa shape index (κ2) is 8.37. The third kappa shape index (κ3) is 3.44. The Hall–Kier alpha value is -3.32. The van der Waals surface area contributed by atoms with Gasteiger partial charge in [-0.2, -0.15) is 0 Å². The zero-order chi connectivity index (χ0) is 25.1. The van der Waals surface area contributed by atoms with Crippen LogP contribution in [0.2, 0.25) is 0 Å². The molecule has 36 heavy (non-hydrogen) atoms. The summed E-state index contributed by atoms with van der Waals surface area (Å²) >= 11 is 0. The van der Waals surface area contributed by atoms with Crippen LogP contribution >= 0.6 is 0 Å². The number of hydrogen-bond acceptors (Lipinski definition) is 4. The molecule has 1 saturated heterocycles. The second-order valence-corrected chi connectivity index (χ2v) is 12.3. The minimum Gasteiger partial charge on any atom is -0.291 e. The van der Waals surface area contributed by atoms with Crippen molar-refractivity contribution >= 4 is 21.7 Å². The average Bonchev–Trinajstić information content (AvgIpc) is 3.41. The maximum Gasteiger partial charge on any atom is 0.344 e. The molecule has 1 fully saturated rings. The molecule has 0 aromatic heterocycles. The highest BCUT2D eigenvalue weighted by molar-refractivity contribution is 7.92. The molecule has 3 aromatic rings. The van der Waals surface area contributed by atoms with Gasteiger partial charge in [0.1, 0.15) is 17.6 Å². The molecule has 3 aliphatic rings. The number of nitrogens with two attached hydrogens (primary N) is 1. The number of anilines is 1. The minimum atomic E-state index is -3.79. The van der Waals surface area contributed by atoms with Crippen molar-refractivity contribution in [3.8, 4) is 0 Å². The molecule has 186 valence electrons. The Morgan fingerprint density at radius 2 is 1.69 bits per heavy atom. The molecule has 0 unspecified atom stereocenters. The summed E-state index contributed by atoms with van der Waals surface area (Å²) in [5.74, 6) is 0.652. The summed E-state index contributed by atoms with van der Waals surface area (Å²) in [6.07, 6.45) is 3.83. The van der Waals surface area contributed by atoms with Gasteiger partial charge in [-0.15, -0.1) is 0 Å². The van der Waals surface area contributed by atoms with Gasteiger partial charge in [0.15, 0.2) is 0 Å². The van der Waals surface area contributed by atoms with Crippen molar-refractivity contribution in [2.75, 3.05) is 4.31 Å². The summed E-state index contributed by atoms with van der Waals surface area (Å²) in [7, 11) is -3.79. The maximum absolute atomic E-state index is 14.2. The van der Waals surface area contributed by atoms with Crippen LogP contribution in [0.15, 0.2) is 83.8 Å². The van der Waals surface area contributed by atoms with Crippen molar-refractivity contribution in [2.24, 2.45) is 5.73 Å². The molecule has 0 amide bonds. The van der Waals surface area contributed by atoms with Crippen LogP contribution < -0.4 is 15.4 Å². The van der Waals surface area contributed by atoms with E-state index in [9.17, 15) is 8.42 Å². The standard InChI is InChI=1S/C29H32N4O2S/c1-20-12-17-23(18-13-20)36(34,35)33-25-11-7-6-10-24(25)29(2)27(33)26-19-16-22(32(26)28(30)31-29)15-14-21-8-4-3-5-9-21/h3-13,17-18,22,26-27H,14-16,19H2,1-2H3,(H2,30,31)/p+1/t22-,26+,27-,29-/m1/s1. The van der Waals surface area contributed by atoms with Crippen LogP contribution in [0, 0.1) is 6.92 Å². The van der Waals surface area contributed by atoms with Crippen molar-refractivity contribution in [1.29, 1.82) is 0 Å². The monoisotopic (exact) mass is 501 g/mol. The van der Waals surface area contributed by atoms with Gasteiger partial charge in [0.25, 0.3) is 10.0 Å². The van der Waals surface area contributed by atoms with Gasteiger partial charge in [0, 0.05) is 5.56 Å². The number of guanidine groups is 1. The van der Waals surface area contributed by atoms with Gasteiger partial charge in [-0.05, 0) is 63.3 Å². The Balaban J connectivity index is 1.42. The Morgan fingerprint density at radius 3 is 2.44 bits per heavy atom. The summed E-state index contributed by atoms with van der Waals surface area (Å²) < 4.78 is 32.4. The fraction of sp³-hybridized carbons (Fsp3) is 0.345. The molecule has 0 aliphatic carbocycles. The smallest absolute Gasteiger partial charge is 0.291 e. The number of aryl methyl sites for hydroxylation is 2. The van der Waals surface area contributed by atoms with Crippen molar-refractivity contribution < 1.29 is 13.0 Å². The van der Waals surface area contributed by atoms with E-state index in [0.29, 0.717) is 10.9 Å². The quantitative estimate of drug-likeness (QED) is 0.520. The van der Waals surface area contributed by atoms with E-state index < -0.39 is 15.6 Å². The molecular weight excluding hydrogens is 468 g/mol. The maximum atomic E-state index is 14.2. The molecule has 3 N–H and O–H groups in total. The van der Waals surface area contributed by atoms with Crippen LogP contribution in [0.4, 0.5) is 5.69 Å². The molecule has 3 heterocycles. The van der Waals surface area contributed by atoms with E-state index in [1.165, 1.54) is 5.56 Å². The predicted molar refractivity (Wildman–Crippen MR) is 143 cm³/mol. The number of nitrogens with zero attached hydrogens (tertiary/aromatic N) is 2. The molecule has 3 aliphatic heterocycles. The Bertz CT molecular complexity index is 1440. The van der Waals surface area contributed by atoms with Gasteiger partial charge in [-0.3, -0.25) is 19.9 Å². The topological polar surface area (TPSA) is 78.4 Å². The lowest BCUT2D eigenvalue weighted by Crippen LogP contribution is -2.69. The Kier molecular flexibility index (Phi) is 5.37. The van der Waals surface area contributed by atoms with Gasteiger partial charge in [-0.25, -0.2) is 8.42 Å². The van der Waals surface area contributed by atoms with Gasteiger partial charge < -0.3 is 0 Å². The van der Waals surface area contributed by atoms with E-state index >= 15 is 0 Å². The molecule has 3 aromatic carbocycles. The van der Waals surface area contributed by atoms with E-state index in [-0.39, 0.29) is 18.1 Å². The van der Waals surface area contributed by atoms with Crippen LogP contribution in [0.3, 0.4) is 0 Å². The zero-order valence-corrected chi connectivity index (χ0v) is 21.6. The van der Waals surface area contributed by atoms with E-state index in [4.69, 9.17) is 5.73 Å². The first-order chi connectivity index (χ1) is 17.3. The summed E-state index contributed by atoms with van der Waals surface area (Å²) in [4.78, 5) is 0.319. The van der Waals surface area contributed by atoms with Crippen molar-refractivity contribution in [3.63, 3.8) is 0 Å². The van der Waals surface area contributed by atoms with E-state index in [1.54, 1.807) is 16.4 Å². The first-order valence-corrected chi connectivity index (χ1v) is 14.2. The average molecular weight is 502 g/mol. The Labute approximate surface area is 213 Å². The van der Waals surface area contributed by atoms with Gasteiger partial charge >= 0.3 is 5.96 Å². The molecule has 6 nitrogen and oxygen atoms in total. The number of nitrogens with one attached hydrogen (secondary N) is 1. The van der Waals surface area contributed by atoms with E-state index in [1.807, 2.05) is 49.4 Å². The summed E-state index contributed by atoms with van der Waals surface area (Å²) in [6.45, 7) is 4.07. The molecule has 0 saturated carbocycles. The first-order valence-electron chi connectivity index (χ1n) is 12.7. The Morgan fingerprint density at radius 1 is 1.00 bits per heavy atom. The van der Waals surface area contributed by atoms with Crippen LogP contribution in [0.1, 0.15) is 42.9 Å². The van der Waals surface area contributed by atoms with Gasteiger partial charge in [-0.1, -0.05) is 66.2 Å². The highest BCUT2D eigenvalue weighted by Gasteiger charge is 2.63. The van der Waals surface area contributed by atoms with Crippen molar-refractivity contribution in [3.05, 3.63) is 95.6 Å². The number of fused-ring (bicyclic) bond motifs is 5. The highest BCUT2D eigenvalue weighted by atomic mass is 32.2. The van der Waals surface area contributed by atoms with Gasteiger partial charge in [0.2, 0.25) is 0 Å². The second-order valence-electron chi connectivity index (χ2n) is 10.5. The highest BCUT2D eigenvalue weighted by Crippen LogP contribution is 2.51. The SMILES string of the molecule is Cc1ccc(S(=O)(=O)N2c3ccccc3[C@@]3(C)NC(N)=[N+]4[C@H](CCc5ccccc5)CC[C@H]4[C@@H]23)cc1. The normalized spacial score (nSPS) is 26.8. The third-order valence-electron chi connectivity index (χ3n) is 8.31. The zero-order valence-electron chi connectivity index (χ0n) is 20.8. The number of benzene rings is 3. The van der Waals surface area contributed by atoms with Crippen LogP contribution in [-0.4, -0.2) is 37.1 Å². The van der Waals surface area contributed by atoms with Crippen molar-refractivity contribution in [2.45, 2.75) is 68.1 Å². The largest absolute Gasteiger partial charge is 0.344 e. The molecule has 0 bridgehead atoms. The number of hydrogen-bond donors (Lipinski definition) is 2. The number of rotatable bonds is 5.